The molecule has 0 radical (unpaired) electrons. The summed E-state index contributed by atoms with van der Waals surface area (Å²) in [4.78, 5) is 9.30. The molecule has 0 amide bonds. The number of nitrogens with zero attached hydrogens (tertiary/aromatic N) is 2. The normalized spacial score (nSPS) is 10.2. The average Bonchev–Trinajstić information content (AvgIpc) is 3.26. The van der Waals surface area contributed by atoms with Gasteiger partial charge in [0.25, 0.3) is 0 Å². The Balaban J connectivity index is 1.47. The van der Waals surface area contributed by atoms with Crippen molar-refractivity contribution >= 4 is 34.4 Å². The van der Waals surface area contributed by atoms with Crippen LogP contribution in [0.25, 0.3) is 0 Å². The van der Waals surface area contributed by atoms with Crippen molar-refractivity contribution < 1.29 is 9.13 Å². The molecular formula is C23H15ClFN3OS. The maximum atomic E-state index is 13.3. The van der Waals surface area contributed by atoms with Crippen LogP contribution in [0.4, 0.5) is 15.9 Å². The Kier molecular flexibility index (Phi) is 6.23. The first-order valence-electron chi connectivity index (χ1n) is 8.97. The number of hydrogen-bond acceptors (Lipinski definition) is 5. The van der Waals surface area contributed by atoms with Gasteiger partial charge in [-0.15, -0.1) is 11.3 Å². The molecule has 0 aliphatic heterocycles. The van der Waals surface area contributed by atoms with E-state index >= 15 is 0 Å². The third-order valence-electron chi connectivity index (χ3n) is 4.03. The van der Waals surface area contributed by atoms with Crippen molar-refractivity contribution in [3.05, 3.63) is 99.3 Å². The molecule has 4 rings (SSSR count). The summed E-state index contributed by atoms with van der Waals surface area (Å²) in [6.07, 6.45) is 3.12. The zero-order chi connectivity index (χ0) is 20.8. The number of halogens is 2. The van der Waals surface area contributed by atoms with Crippen molar-refractivity contribution in [2.75, 3.05) is 5.32 Å². The Bertz CT molecular complexity index is 1220. The highest BCUT2D eigenvalue weighted by atomic mass is 35.5. The van der Waals surface area contributed by atoms with Crippen LogP contribution in [-0.2, 0) is 6.61 Å². The molecule has 0 saturated heterocycles. The zero-order valence-corrected chi connectivity index (χ0v) is 17.2. The molecule has 0 fully saturated rings. The van der Waals surface area contributed by atoms with Crippen LogP contribution >= 0.6 is 22.9 Å². The lowest BCUT2D eigenvalue weighted by Gasteiger charge is -2.11. The number of anilines is 2. The predicted octanol–water partition coefficient (Wildman–Crippen LogP) is 6.05. The molecular weight excluding hydrogens is 421 g/mol. The lowest BCUT2D eigenvalue weighted by Crippen LogP contribution is -1.99. The Morgan fingerprint density at radius 2 is 2.03 bits per heavy atom. The van der Waals surface area contributed by atoms with E-state index in [9.17, 15) is 4.39 Å². The fourth-order valence-corrected chi connectivity index (χ4v) is 3.43. The standard InChI is InChI=1S/C23H15ClFN3OS/c24-21-12-19(7-9-22(21)29-14-16-3-1-4-18(25)11-16)28-23-17(13-26-15-27-23)6-8-20-5-2-10-30-20/h1-5,7,9-13,15H,14H2,(H,26,27,28). The fraction of sp³-hybridized carbons (Fsp3) is 0.0435. The predicted molar refractivity (Wildman–Crippen MR) is 118 cm³/mol. The Hall–Kier alpha value is -3.40. The molecule has 0 aliphatic rings. The van der Waals surface area contributed by atoms with E-state index < -0.39 is 0 Å². The van der Waals surface area contributed by atoms with Crippen LogP contribution in [-0.4, -0.2) is 9.97 Å². The smallest absolute Gasteiger partial charge is 0.149 e. The third kappa shape index (κ3) is 5.15. The van der Waals surface area contributed by atoms with Gasteiger partial charge in [0.2, 0.25) is 0 Å². The van der Waals surface area contributed by atoms with Gasteiger partial charge in [0.15, 0.2) is 0 Å². The van der Waals surface area contributed by atoms with Gasteiger partial charge in [0, 0.05) is 11.9 Å². The molecule has 148 valence electrons. The van der Waals surface area contributed by atoms with Gasteiger partial charge in [-0.1, -0.05) is 41.6 Å². The van der Waals surface area contributed by atoms with Crippen LogP contribution in [0.5, 0.6) is 5.75 Å². The van der Waals surface area contributed by atoms with Gasteiger partial charge in [-0.25, -0.2) is 14.4 Å². The number of rotatable bonds is 5. The zero-order valence-electron chi connectivity index (χ0n) is 15.6. The van der Waals surface area contributed by atoms with Crippen LogP contribution in [0.1, 0.15) is 16.0 Å². The second-order valence-electron chi connectivity index (χ2n) is 6.20. The molecule has 0 bridgehead atoms. The molecule has 0 spiro atoms. The maximum Gasteiger partial charge on any atom is 0.149 e. The topological polar surface area (TPSA) is 47.0 Å². The van der Waals surface area contributed by atoms with Crippen molar-refractivity contribution in [3.63, 3.8) is 0 Å². The van der Waals surface area contributed by atoms with Crippen molar-refractivity contribution in [2.45, 2.75) is 6.61 Å². The van der Waals surface area contributed by atoms with E-state index in [1.165, 1.54) is 18.5 Å². The lowest BCUT2D eigenvalue weighted by molar-refractivity contribution is 0.306. The second-order valence-corrected chi connectivity index (χ2v) is 7.56. The molecule has 0 atom stereocenters. The number of nitrogens with one attached hydrogen (secondary N) is 1. The van der Waals surface area contributed by atoms with Gasteiger partial charge in [-0.3, -0.25) is 0 Å². The van der Waals surface area contributed by atoms with Crippen LogP contribution in [0.15, 0.2) is 72.5 Å². The summed E-state index contributed by atoms with van der Waals surface area (Å²) in [5, 5.41) is 5.62. The molecule has 4 nitrogen and oxygen atoms in total. The van der Waals surface area contributed by atoms with E-state index in [2.05, 4.69) is 27.1 Å². The first kappa shape index (κ1) is 19.9. The largest absolute Gasteiger partial charge is 0.487 e. The van der Waals surface area contributed by atoms with Gasteiger partial charge in [0.05, 0.1) is 15.5 Å². The SMILES string of the molecule is Fc1cccc(COc2ccc(Nc3ncncc3C#Cc3cccs3)cc2Cl)c1. The Morgan fingerprint density at radius 3 is 2.83 bits per heavy atom. The van der Waals surface area contributed by atoms with E-state index in [0.29, 0.717) is 22.2 Å². The number of thiophene rings is 1. The maximum absolute atomic E-state index is 13.3. The van der Waals surface area contributed by atoms with Crippen LogP contribution < -0.4 is 10.1 Å². The minimum Gasteiger partial charge on any atom is -0.487 e. The van der Waals surface area contributed by atoms with Gasteiger partial charge in [0.1, 0.15) is 30.3 Å². The number of aromatic nitrogens is 2. The molecule has 0 saturated carbocycles. The molecule has 2 heterocycles. The van der Waals surface area contributed by atoms with Gasteiger partial charge in [-0.05, 0) is 47.3 Å². The number of ether oxygens (including phenoxy) is 1. The summed E-state index contributed by atoms with van der Waals surface area (Å²) >= 11 is 7.94. The quantitative estimate of drug-likeness (QED) is 0.387. The molecule has 2 aromatic carbocycles. The fourth-order valence-electron chi connectivity index (χ4n) is 2.62. The molecule has 0 aliphatic carbocycles. The minimum atomic E-state index is -0.301. The van der Waals surface area contributed by atoms with Crippen molar-refractivity contribution in [3.8, 4) is 17.6 Å². The van der Waals surface area contributed by atoms with E-state index in [0.717, 1.165) is 16.1 Å². The molecule has 0 unspecified atom stereocenters. The van der Waals surface area contributed by atoms with E-state index in [1.54, 1.807) is 41.8 Å². The summed E-state index contributed by atoms with van der Waals surface area (Å²) in [5.74, 6) is 6.98. The van der Waals surface area contributed by atoms with Crippen LogP contribution in [0, 0.1) is 17.7 Å². The summed E-state index contributed by atoms with van der Waals surface area (Å²) < 4.78 is 19.0. The lowest BCUT2D eigenvalue weighted by atomic mass is 10.2. The van der Waals surface area contributed by atoms with Crippen LogP contribution in [0.3, 0.4) is 0 Å². The minimum absolute atomic E-state index is 0.221. The van der Waals surface area contributed by atoms with E-state index in [-0.39, 0.29) is 12.4 Å². The van der Waals surface area contributed by atoms with Gasteiger partial charge < -0.3 is 10.1 Å². The van der Waals surface area contributed by atoms with Crippen molar-refractivity contribution in [1.29, 1.82) is 0 Å². The molecule has 2 aromatic heterocycles. The van der Waals surface area contributed by atoms with Gasteiger partial charge in [-0.2, -0.15) is 0 Å². The average molecular weight is 436 g/mol. The Morgan fingerprint density at radius 1 is 1.10 bits per heavy atom. The monoisotopic (exact) mass is 435 g/mol. The summed E-state index contributed by atoms with van der Waals surface area (Å²) in [6, 6.07) is 15.5. The molecule has 30 heavy (non-hydrogen) atoms. The van der Waals surface area contributed by atoms with Crippen molar-refractivity contribution in [1.82, 2.24) is 9.97 Å². The summed E-state index contributed by atoms with van der Waals surface area (Å²) in [6.45, 7) is 0.221. The Labute approximate surface area is 182 Å². The molecule has 1 N–H and O–H groups in total. The molecule has 7 heteroatoms. The first-order valence-corrected chi connectivity index (χ1v) is 10.2. The van der Waals surface area contributed by atoms with Crippen molar-refractivity contribution in [2.24, 2.45) is 0 Å². The number of hydrogen-bond donors (Lipinski definition) is 1. The third-order valence-corrected chi connectivity index (χ3v) is 5.11. The highest BCUT2D eigenvalue weighted by Gasteiger charge is 2.07. The van der Waals surface area contributed by atoms with Gasteiger partial charge >= 0.3 is 0 Å². The summed E-state index contributed by atoms with van der Waals surface area (Å²) in [7, 11) is 0. The van der Waals surface area contributed by atoms with E-state index in [4.69, 9.17) is 16.3 Å². The second kappa shape index (κ2) is 9.40. The molecule has 4 aromatic rings. The number of benzene rings is 2. The highest BCUT2D eigenvalue weighted by Crippen LogP contribution is 2.30. The highest BCUT2D eigenvalue weighted by molar-refractivity contribution is 7.10. The summed E-state index contributed by atoms with van der Waals surface area (Å²) in [5.41, 5.74) is 2.13. The van der Waals surface area contributed by atoms with E-state index in [1.807, 2.05) is 23.6 Å². The first-order chi connectivity index (χ1) is 14.7. The van der Waals surface area contributed by atoms with Crippen LogP contribution in [0.2, 0.25) is 5.02 Å².